The summed E-state index contributed by atoms with van der Waals surface area (Å²) in [7, 11) is 0. The van der Waals surface area contributed by atoms with Crippen molar-refractivity contribution in [2.75, 3.05) is 0 Å². The highest BCUT2D eigenvalue weighted by molar-refractivity contribution is 9.14. The molecule has 1 aliphatic rings. The first-order chi connectivity index (χ1) is 7.10. The number of alkyl halides is 3. The van der Waals surface area contributed by atoms with E-state index in [9.17, 15) is 0 Å². The second kappa shape index (κ2) is 7.00. The zero-order chi connectivity index (χ0) is 11.3. The van der Waals surface area contributed by atoms with Crippen LogP contribution in [0.3, 0.4) is 0 Å². The largest absolute Gasteiger partial charge is 0.0878 e. The molecule has 0 nitrogen and oxygen atoms in total. The summed E-state index contributed by atoms with van der Waals surface area (Å²) in [6.07, 6.45) is 10.7. The molecule has 3 atom stereocenters. The van der Waals surface area contributed by atoms with Crippen molar-refractivity contribution in [2.24, 2.45) is 0 Å². The Morgan fingerprint density at radius 1 is 1.20 bits per heavy atom. The monoisotopic (exact) mass is 402 g/mol. The lowest BCUT2D eigenvalue weighted by Crippen LogP contribution is -2.41. The van der Waals surface area contributed by atoms with Crippen LogP contribution in [0.1, 0.15) is 58.3 Å². The molecule has 1 aliphatic carbocycles. The van der Waals surface area contributed by atoms with Gasteiger partial charge in [-0.2, -0.15) is 0 Å². The highest BCUT2D eigenvalue weighted by Gasteiger charge is 2.40. The molecule has 0 aromatic rings. The van der Waals surface area contributed by atoms with E-state index in [1.807, 2.05) is 0 Å². The summed E-state index contributed by atoms with van der Waals surface area (Å²) in [6.45, 7) is 2.27. The lowest BCUT2D eigenvalue weighted by atomic mass is 9.85. The number of halogens is 3. The van der Waals surface area contributed by atoms with E-state index in [0.717, 1.165) is 0 Å². The van der Waals surface area contributed by atoms with Crippen molar-refractivity contribution < 1.29 is 0 Å². The maximum atomic E-state index is 3.98. The van der Waals surface area contributed by atoms with E-state index in [-0.39, 0.29) is 0 Å². The van der Waals surface area contributed by atoms with Crippen LogP contribution >= 0.6 is 47.8 Å². The third-order valence-electron chi connectivity index (χ3n) is 3.33. The Bertz CT molecular complexity index is 184. The highest BCUT2D eigenvalue weighted by atomic mass is 79.9. The van der Waals surface area contributed by atoms with E-state index in [1.54, 1.807) is 0 Å². The van der Waals surface area contributed by atoms with E-state index in [0.29, 0.717) is 14.0 Å². The minimum absolute atomic E-state index is 0.340. The van der Waals surface area contributed by atoms with Gasteiger partial charge in [-0.25, -0.2) is 0 Å². The molecule has 0 aromatic heterocycles. The maximum Gasteiger partial charge on any atom is 0.0424 e. The van der Waals surface area contributed by atoms with Crippen molar-refractivity contribution in [3.8, 4) is 0 Å². The van der Waals surface area contributed by atoms with Gasteiger partial charge in [0, 0.05) is 14.0 Å². The number of unbranched alkanes of at least 4 members (excludes halogenated alkanes) is 3. The van der Waals surface area contributed by atoms with Gasteiger partial charge >= 0.3 is 0 Å². The molecule has 3 heteroatoms. The van der Waals surface area contributed by atoms with Crippen LogP contribution in [0.25, 0.3) is 0 Å². The lowest BCUT2D eigenvalue weighted by Gasteiger charge is -2.39. The highest BCUT2D eigenvalue weighted by Crippen LogP contribution is 2.46. The summed E-state index contributed by atoms with van der Waals surface area (Å²) in [4.78, 5) is 1.22. The first-order valence-electron chi connectivity index (χ1n) is 6.07. The predicted octanol–water partition coefficient (Wildman–Crippen LogP) is 5.80. The van der Waals surface area contributed by atoms with Crippen LogP contribution in [0.2, 0.25) is 0 Å². The fourth-order valence-electron chi connectivity index (χ4n) is 2.31. The van der Waals surface area contributed by atoms with Crippen molar-refractivity contribution in [1.82, 2.24) is 0 Å². The SMILES string of the molecule is CCCCCCC1(Br)CCCC(Br)C1Br. The van der Waals surface area contributed by atoms with Crippen LogP contribution in [0, 0.1) is 0 Å². The fraction of sp³-hybridized carbons (Fsp3) is 1.00. The Morgan fingerprint density at radius 2 is 1.93 bits per heavy atom. The van der Waals surface area contributed by atoms with Crippen molar-refractivity contribution in [3.63, 3.8) is 0 Å². The van der Waals surface area contributed by atoms with Crippen LogP contribution < -0.4 is 0 Å². The van der Waals surface area contributed by atoms with Gasteiger partial charge in [-0.05, 0) is 19.3 Å². The molecular formula is C12H21Br3. The molecule has 1 rings (SSSR count). The van der Waals surface area contributed by atoms with Gasteiger partial charge < -0.3 is 0 Å². The van der Waals surface area contributed by atoms with Gasteiger partial charge in [0.25, 0.3) is 0 Å². The second-order valence-corrected chi connectivity index (χ2v) is 8.40. The van der Waals surface area contributed by atoms with Crippen molar-refractivity contribution >= 4 is 47.8 Å². The fourth-order valence-corrected chi connectivity index (χ4v) is 5.09. The summed E-state index contributed by atoms with van der Waals surface area (Å²) >= 11 is 11.6. The first kappa shape index (κ1) is 14.5. The zero-order valence-corrected chi connectivity index (χ0v) is 14.2. The predicted molar refractivity (Wildman–Crippen MR) is 79.7 cm³/mol. The molecular weight excluding hydrogens is 384 g/mol. The Hall–Kier alpha value is 1.44. The van der Waals surface area contributed by atoms with Gasteiger partial charge in [0.2, 0.25) is 0 Å². The first-order valence-corrected chi connectivity index (χ1v) is 8.69. The van der Waals surface area contributed by atoms with Crippen molar-refractivity contribution in [3.05, 3.63) is 0 Å². The number of rotatable bonds is 5. The van der Waals surface area contributed by atoms with Gasteiger partial charge in [-0.15, -0.1) is 0 Å². The lowest BCUT2D eigenvalue weighted by molar-refractivity contribution is 0.398. The zero-order valence-electron chi connectivity index (χ0n) is 9.45. The number of hydrogen-bond acceptors (Lipinski definition) is 0. The van der Waals surface area contributed by atoms with Gasteiger partial charge in [0.1, 0.15) is 0 Å². The molecule has 0 amide bonds. The van der Waals surface area contributed by atoms with Crippen molar-refractivity contribution in [1.29, 1.82) is 0 Å². The third-order valence-corrected chi connectivity index (χ3v) is 8.44. The minimum Gasteiger partial charge on any atom is -0.0878 e. The van der Waals surface area contributed by atoms with Gasteiger partial charge in [0.15, 0.2) is 0 Å². The average molecular weight is 405 g/mol. The van der Waals surface area contributed by atoms with E-state index in [4.69, 9.17) is 0 Å². The molecule has 0 spiro atoms. The molecule has 3 unspecified atom stereocenters. The molecule has 0 radical (unpaired) electrons. The molecule has 90 valence electrons. The summed E-state index contributed by atoms with van der Waals surface area (Å²) in [5, 5.41) is 0. The molecule has 0 aliphatic heterocycles. The van der Waals surface area contributed by atoms with E-state index >= 15 is 0 Å². The maximum absolute atomic E-state index is 3.98. The molecule has 1 saturated carbocycles. The standard InChI is InChI=1S/C12H21Br3/c1-2-3-4-5-8-12(15)9-6-7-10(13)11(12)14/h10-11H,2-9H2,1H3. The van der Waals surface area contributed by atoms with Crippen molar-refractivity contribution in [2.45, 2.75) is 72.3 Å². The van der Waals surface area contributed by atoms with Crippen LogP contribution in [0.5, 0.6) is 0 Å². The summed E-state index contributed by atoms with van der Waals surface area (Å²) in [6, 6.07) is 0. The summed E-state index contributed by atoms with van der Waals surface area (Å²) in [5.41, 5.74) is 0. The second-order valence-electron chi connectivity index (χ2n) is 4.66. The van der Waals surface area contributed by atoms with E-state index in [2.05, 4.69) is 54.7 Å². The topological polar surface area (TPSA) is 0 Å². The van der Waals surface area contributed by atoms with Gasteiger partial charge in [0.05, 0.1) is 0 Å². The van der Waals surface area contributed by atoms with Crippen LogP contribution in [0.15, 0.2) is 0 Å². The Morgan fingerprint density at radius 3 is 2.60 bits per heavy atom. The Balaban J connectivity index is 2.35. The molecule has 0 heterocycles. The normalized spacial score (nSPS) is 36.8. The molecule has 1 fully saturated rings. The van der Waals surface area contributed by atoms with E-state index in [1.165, 1.54) is 51.4 Å². The third kappa shape index (κ3) is 4.31. The van der Waals surface area contributed by atoms with Crippen LogP contribution in [-0.4, -0.2) is 14.0 Å². The molecule has 0 bridgehead atoms. The molecule has 0 aromatic carbocycles. The Kier molecular flexibility index (Phi) is 6.77. The molecule has 0 N–H and O–H groups in total. The number of hydrogen-bond donors (Lipinski definition) is 0. The molecule has 0 saturated heterocycles. The van der Waals surface area contributed by atoms with Crippen LogP contribution in [-0.2, 0) is 0 Å². The van der Waals surface area contributed by atoms with E-state index < -0.39 is 0 Å². The minimum atomic E-state index is 0.340. The van der Waals surface area contributed by atoms with Gasteiger partial charge in [-0.1, -0.05) is 86.8 Å². The smallest absolute Gasteiger partial charge is 0.0424 e. The van der Waals surface area contributed by atoms with Gasteiger partial charge in [-0.3, -0.25) is 0 Å². The average Bonchev–Trinajstić information content (AvgIpc) is 2.21. The summed E-state index contributed by atoms with van der Waals surface area (Å²) in [5.74, 6) is 0. The summed E-state index contributed by atoms with van der Waals surface area (Å²) < 4.78 is 0.340. The Labute approximate surface area is 119 Å². The molecule has 15 heavy (non-hydrogen) atoms. The van der Waals surface area contributed by atoms with Crippen LogP contribution in [0.4, 0.5) is 0 Å². The quantitative estimate of drug-likeness (QED) is 0.401.